The van der Waals surface area contributed by atoms with Gasteiger partial charge in [0, 0.05) is 44.1 Å². The molecule has 1 aliphatic heterocycles. The molecule has 1 aromatic heterocycles. The Hall–Kier alpha value is -0.490. The van der Waals surface area contributed by atoms with E-state index in [4.69, 9.17) is 5.73 Å². The number of piperazine rings is 1. The van der Waals surface area contributed by atoms with Gasteiger partial charge in [0.1, 0.15) is 5.01 Å². The Kier molecular flexibility index (Phi) is 3.91. The van der Waals surface area contributed by atoms with Gasteiger partial charge in [0.05, 0.1) is 5.69 Å². The van der Waals surface area contributed by atoms with Crippen LogP contribution < -0.4 is 5.73 Å². The number of thiazole rings is 1. The van der Waals surface area contributed by atoms with Gasteiger partial charge in [0.25, 0.3) is 0 Å². The van der Waals surface area contributed by atoms with Gasteiger partial charge in [0.2, 0.25) is 0 Å². The molecule has 0 saturated carbocycles. The molecule has 1 unspecified atom stereocenters. The maximum atomic E-state index is 5.57. The maximum Gasteiger partial charge on any atom is 0.106 e. The molecule has 0 aliphatic carbocycles. The molecular formula is C11H20N4S. The number of nitrogens with two attached hydrogens (primary N) is 1. The second-order valence-corrected chi connectivity index (χ2v) is 5.46. The number of hydrogen-bond acceptors (Lipinski definition) is 5. The molecule has 0 amide bonds. The maximum absolute atomic E-state index is 5.57. The van der Waals surface area contributed by atoms with Crippen LogP contribution in [0.25, 0.3) is 0 Å². The Bertz CT molecular complexity index is 338. The van der Waals surface area contributed by atoms with Crippen molar-refractivity contribution in [3.8, 4) is 0 Å². The first-order valence-electron chi connectivity index (χ1n) is 5.75. The highest BCUT2D eigenvalue weighted by Crippen LogP contribution is 2.15. The van der Waals surface area contributed by atoms with Gasteiger partial charge < -0.3 is 10.6 Å². The Morgan fingerprint density at radius 1 is 1.56 bits per heavy atom. The molecule has 2 rings (SSSR count). The van der Waals surface area contributed by atoms with Crippen LogP contribution in [-0.2, 0) is 13.1 Å². The van der Waals surface area contributed by atoms with E-state index in [2.05, 4.69) is 34.1 Å². The highest BCUT2D eigenvalue weighted by molar-refractivity contribution is 7.09. The van der Waals surface area contributed by atoms with Gasteiger partial charge in [-0.25, -0.2) is 4.98 Å². The van der Waals surface area contributed by atoms with E-state index < -0.39 is 0 Å². The standard InChI is InChI=1S/C11H20N4S/c1-9-6-14(2)3-4-15(9)7-10-8-16-11(5-12)13-10/h8-9H,3-7,12H2,1-2H3. The fourth-order valence-electron chi connectivity index (χ4n) is 2.14. The molecule has 5 heteroatoms. The van der Waals surface area contributed by atoms with Crippen LogP contribution in [0.1, 0.15) is 17.6 Å². The topological polar surface area (TPSA) is 45.4 Å². The van der Waals surface area contributed by atoms with Gasteiger partial charge in [-0.1, -0.05) is 0 Å². The summed E-state index contributed by atoms with van der Waals surface area (Å²) < 4.78 is 0. The molecule has 2 heterocycles. The summed E-state index contributed by atoms with van der Waals surface area (Å²) in [5, 5.41) is 3.17. The fourth-order valence-corrected chi connectivity index (χ4v) is 2.80. The Labute approximate surface area is 101 Å². The average Bonchev–Trinajstić information content (AvgIpc) is 2.70. The second kappa shape index (κ2) is 5.23. The van der Waals surface area contributed by atoms with Gasteiger partial charge in [-0.05, 0) is 14.0 Å². The third-order valence-corrected chi connectivity index (χ3v) is 4.03. The van der Waals surface area contributed by atoms with E-state index in [-0.39, 0.29) is 0 Å². The third kappa shape index (κ3) is 2.79. The zero-order chi connectivity index (χ0) is 11.5. The van der Waals surface area contributed by atoms with Crippen molar-refractivity contribution >= 4 is 11.3 Å². The summed E-state index contributed by atoms with van der Waals surface area (Å²) >= 11 is 1.67. The minimum absolute atomic E-state index is 0.558. The van der Waals surface area contributed by atoms with Gasteiger partial charge in [-0.15, -0.1) is 11.3 Å². The normalized spacial score (nSPS) is 23.8. The second-order valence-electron chi connectivity index (χ2n) is 4.52. The number of aromatic nitrogens is 1. The van der Waals surface area contributed by atoms with Crippen LogP contribution in [0.3, 0.4) is 0 Å². The van der Waals surface area contributed by atoms with Crippen LogP contribution in [0.15, 0.2) is 5.38 Å². The molecule has 0 spiro atoms. The highest BCUT2D eigenvalue weighted by Gasteiger charge is 2.21. The zero-order valence-electron chi connectivity index (χ0n) is 10.0. The molecular weight excluding hydrogens is 220 g/mol. The van der Waals surface area contributed by atoms with Crippen molar-refractivity contribution in [1.82, 2.24) is 14.8 Å². The Balaban J connectivity index is 1.93. The molecule has 1 atom stereocenters. The molecule has 0 bridgehead atoms. The summed E-state index contributed by atoms with van der Waals surface area (Å²) in [6.45, 7) is 7.24. The third-order valence-electron chi connectivity index (χ3n) is 3.11. The first-order chi connectivity index (χ1) is 7.69. The predicted molar refractivity (Wildman–Crippen MR) is 67.4 cm³/mol. The van der Waals surface area contributed by atoms with Crippen molar-refractivity contribution in [3.63, 3.8) is 0 Å². The van der Waals surface area contributed by atoms with Gasteiger partial charge in [-0.2, -0.15) is 0 Å². The fraction of sp³-hybridized carbons (Fsp3) is 0.727. The summed E-state index contributed by atoms with van der Waals surface area (Å²) in [6, 6.07) is 0.613. The van der Waals surface area contributed by atoms with Gasteiger partial charge >= 0.3 is 0 Å². The first-order valence-corrected chi connectivity index (χ1v) is 6.63. The lowest BCUT2D eigenvalue weighted by molar-refractivity contribution is 0.0928. The predicted octanol–water partition coefficient (Wildman–Crippen LogP) is 0.738. The van der Waals surface area contributed by atoms with Gasteiger partial charge in [0.15, 0.2) is 0 Å². The molecule has 4 nitrogen and oxygen atoms in total. The molecule has 1 aliphatic rings. The summed E-state index contributed by atoms with van der Waals surface area (Å²) in [6.07, 6.45) is 0. The van der Waals surface area contributed by atoms with Crippen LogP contribution >= 0.6 is 11.3 Å². The lowest BCUT2D eigenvalue weighted by Gasteiger charge is -2.37. The molecule has 90 valence electrons. The molecule has 0 aromatic carbocycles. The molecule has 1 fully saturated rings. The molecule has 16 heavy (non-hydrogen) atoms. The SMILES string of the molecule is CC1CN(C)CCN1Cc1csc(CN)n1. The highest BCUT2D eigenvalue weighted by atomic mass is 32.1. The van der Waals surface area contributed by atoms with Crippen LogP contribution in [0.4, 0.5) is 0 Å². The summed E-state index contributed by atoms with van der Waals surface area (Å²) in [5.41, 5.74) is 6.74. The van der Waals surface area contributed by atoms with E-state index in [9.17, 15) is 0 Å². The van der Waals surface area contributed by atoms with Crippen LogP contribution in [0, 0.1) is 0 Å². The minimum atomic E-state index is 0.558. The number of rotatable bonds is 3. The van der Waals surface area contributed by atoms with E-state index in [1.807, 2.05) is 0 Å². The summed E-state index contributed by atoms with van der Waals surface area (Å²) in [7, 11) is 2.18. The quantitative estimate of drug-likeness (QED) is 0.846. The van der Waals surface area contributed by atoms with Crippen molar-refractivity contribution in [2.24, 2.45) is 5.73 Å². The lowest BCUT2D eigenvalue weighted by atomic mass is 10.2. The summed E-state index contributed by atoms with van der Waals surface area (Å²) in [4.78, 5) is 9.39. The Morgan fingerprint density at radius 2 is 2.38 bits per heavy atom. The molecule has 0 radical (unpaired) electrons. The van der Waals surface area contributed by atoms with Crippen LogP contribution in [0.5, 0.6) is 0 Å². The number of hydrogen-bond donors (Lipinski definition) is 1. The van der Waals surface area contributed by atoms with E-state index in [1.165, 1.54) is 5.69 Å². The van der Waals surface area contributed by atoms with Crippen LogP contribution in [-0.4, -0.2) is 47.5 Å². The zero-order valence-corrected chi connectivity index (χ0v) is 10.8. The number of nitrogens with zero attached hydrogens (tertiary/aromatic N) is 3. The average molecular weight is 240 g/mol. The van der Waals surface area contributed by atoms with Crippen molar-refractivity contribution in [3.05, 3.63) is 16.1 Å². The lowest BCUT2D eigenvalue weighted by Crippen LogP contribution is -2.49. The minimum Gasteiger partial charge on any atom is -0.325 e. The van der Waals surface area contributed by atoms with Gasteiger partial charge in [-0.3, -0.25) is 4.90 Å². The largest absolute Gasteiger partial charge is 0.325 e. The van der Waals surface area contributed by atoms with Crippen molar-refractivity contribution in [1.29, 1.82) is 0 Å². The Morgan fingerprint density at radius 3 is 3.00 bits per heavy atom. The molecule has 2 N–H and O–H groups in total. The first kappa shape index (κ1) is 12.0. The van der Waals surface area contributed by atoms with E-state index in [0.717, 1.165) is 31.2 Å². The smallest absolute Gasteiger partial charge is 0.106 e. The summed E-state index contributed by atoms with van der Waals surface area (Å²) in [5.74, 6) is 0. The van der Waals surface area contributed by atoms with Crippen molar-refractivity contribution < 1.29 is 0 Å². The van der Waals surface area contributed by atoms with Crippen molar-refractivity contribution in [2.75, 3.05) is 26.7 Å². The molecule has 1 saturated heterocycles. The number of likely N-dealkylation sites (N-methyl/N-ethyl adjacent to an activating group) is 1. The van der Waals surface area contributed by atoms with Crippen LogP contribution in [0.2, 0.25) is 0 Å². The monoisotopic (exact) mass is 240 g/mol. The molecule has 1 aromatic rings. The van der Waals surface area contributed by atoms with E-state index in [1.54, 1.807) is 11.3 Å². The van der Waals surface area contributed by atoms with E-state index in [0.29, 0.717) is 12.6 Å². The van der Waals surface area contributed by atoms with E-state index >= 15 is 0 Å². The van der Waals surface area contributed by atoms with Crippen molar-refractivity contribution in [2.45, 2.75) is 26.1 Å².